The Morgan fingerprint density at radius 3 is 3.04 bits per heavy atom. The van der Waals surface area contributed by atoms with Crippen molar-refractivity contribution in [3.8, 4) is 0 Å². The maximum atomic E-state index is 12.3. The van der Waals surface area contributed by atoms with Crippen LogP contribution in [0.25, 0.3) is 0 Å². The summed E-state index contributed by atoms with van der Waals surface area (Å²) < 4.78 is 5.28. The van der Waals surface area contributed by atoms with Gasteiger partial charge in [-0.2, -0.15) is 0 Å². The molecule has 1 aromatic rings. The summed E-state index contributed by atoms with van der Waals surface area (Å²) in [7, 11) is 0. The Kier molecular flexibility index (Phi) is 5.73. The lowest BCUT2D eigenvalue weighted by molar-refractivity contribution is -0.145. The lowest BCUT2D eigenvalue weighted by Crippen LogP contribution is -2.55. The van der Waals surface area contributed by atoms with E-state index in [1.54, 1.807) is 12.5 Å². The predicted molar refractivity (Wildman–Crippen MR) is 92.8 cm³/mol. The van der Waals surface area contributed by atoms with Gasteiger partial charge in [0.1, 0.15) is 6.61 Å². The number of H-pyrrole nitrogens is 1. The molecule has 1 unspecified atom stereocenters. The Hall–Kier alpha value is -1.89. The van der Waals surface area contributed by atoms with Crippen molar-refractivity contribution in [2.24, 2.45) is 5.41 Å². The van der Waals surface area contributed by atoms with Crippen molar-refractivity contribution >= 4 is 11.8 Å². The number of aromatic nitrogens is 2. The van der Waals surface area contributed by atoms with Gasteiger partial charge in [-0.1, -0.05) is 0 Å². The first-order valence-corrected chi connectivity index (χ1v) is 9.22. The minimum atomic E-state index is 0.0437. The molecule has 7 nitrogen and oxygen atoms in total. The minimum absolute atomic E-state index is 0.0437. The highest BCUT2D eigenvalue weighted by atomic mass is 16.5. The first-order chi connectivity index (χ1) is 12.1. The zero-order valence-corrected chi connectivity index (χ0v) is 15.0. The van der Waals surface area contributed by atoms with Crippen LogP contribution in [0.4, 0.5) is 0 Å². The molecule has 7 heteroatoms. The number of nitrogens with zero attached hydrogens (tertiary/aromatic N) is 3. The highest BCUT2D eigenvalue weighted by molar-refractivity contribution is 5.78. The standard InChI is InChI=1S/C18H28N4O3/c1-2-25-11-17(24)21-8-3-6-18(12-21)7-4-16(23)22(13-18)9-5-15-10-19-14-20-15/h10,14H,2-9,11-13H2,1H3,(H,19,20). The molecule has 25 heavy (non-hydrogen) atoms. The van der Waals surface area contributed by atoms with Gasteiger partial charge in [-0.05, 0) is 26.2 Å². The Morgan fingerprint density at radius 1 is 1.40 bits per heavy atom. The van der Waals surface area contributed by atoms with Crippen LogP contribution in [-0.2, 0) is 20.7 Å². The van der Waals surface area contributed by atoms with Crippen LogP contribution in [0.1, 0.15) is 38.3 Å². The zero-order chi connectivity index (χ0) is 17.7. The van der Waals surface area contributed by atoms with Gasteiger partial charge in [0.05, 0.1) is 6.33 Å². The summed E-state index contributed by atoms with van der Waals surface area (Å²) in [5, 5.41) is 0. The minimum Gasteiger partial charge on any atom is -0.372 e. The predicted octanol–water partition coefficient (Wildman–Crippen LogP) is 1.22. The van der Waals surface area contributed by atoms with Crippen LogP contribution in [0.5, 0.6) is 0 Å². The number of likely N-dealkylation sites (tertiary alicyclic amines) is 2. The monoisotopic (exact) mass is 348 g/mol. The number of imidazole rings is 1. The van der Waals surface area contributed by atoms with Crippen LogP contribution in [-0.4, -0.2) is 71.0 Å². The fourth-order valence-corrected chi connectivity index (χ4v) is 4.02. The van der Waals surface area contributed by atoms with E-state index < -0.39 is 0 Å². The molecule has 3 heterocycles. The van der Waals surface area contributed by atoms with E-state index in [-0.39, 0.29) is 23.8 Å². The summed E-state index contributed by atoms with van der Waals surface area (Å²) in [6.45, 7) is 5.61. The van der Waals surface area contributed by atoms with Gasteiger partial charge in [0.15, 0.2) is 0 Å². The molecule has 1 aromatic heterocycles. The lowest BCUT2D eigenvalue weighted by atomic mass is 9.73. The highest BCUT2D eigenvalue weighted by Crippen LogP contribution is 2.38. The molecule has 1 atom stereocenters. The van der Waals surface area contributed by atoms with E-state index in [4.69, 9.17) is 4.74 Å². The van der Waals surface area contributed by atoms with Gasteiger partial charge in [-0.15, -0.1) is 0 Å². The SMILES string of the molecule is CCOCC(=O)N1CCCC2(CCC(=O)N(CCc3cnc[nH]3)C2)C1. The molecule has 1 spiro atoms. The van der Waals surface area contributed by atoms with Crippen LogP contribution in [0.3, 0.4) is 0 Å². The van der Waals surface area contributed by atoms with Gasteiger partial charge in [0, 0.05) is 62.9 Å². The molecule has 0 saturated carbocycles. The number of ether oxygens (including phenoxy) is 1. The van der Waals surface area contributed by atoms with Crippen molar-refractivity contribution in [1.29, 1.82) is 0 Å². The van der Waals surface area contributed by atoms with Gasteiger partial charge in [-0.25, -0.2) is 4.98 Å². The van der Waals surface area contributed by atoms with Crippen molar-refractivity contribution in [3.05, 3.63) is 18.2 Å². The Balaban J connectivity index is 1.60. The van der Waals surface area contributed by atoms with E-state index in [2.05, 4.69) is 9.97 Å². The molecule has 2 saturated heterocycles. The van der Waals surface area contributed by atoms with Gasteiger partial charge >= 0.3 is 0 Å². The second kappa shape index (κ2) is 7.99. The maximum absolute atomic E-state index is 12.3. The number of amides is 2. The van der Waals surface area contributed by atoms with E-state index in [0.717, 1.165) is 51.0 Å². The van der Waals surface area contributed by atoms with E-state index in [9.17, 15) is 9.59 Å². The number of nitrogens with one attached hydrogen (secondary N) is 1. The fraction of sp³-hybridized carbons (Fsp3) is 0.722. The normalized spacial score (nSPS) is 24.1. The summed E-state index contributed by atoms with van der Waals surface area (Å²) in [6.07, 6.45) is 7.80. The van der Waals surface area contributed by atoms with Gasteiger partial charge < -0.3 is 19.5 Å². The number of carbonyl (C=O) groups excluding carboxylic acids is 2. The summed E-state index contributed by atoms with van der Waals surface area (Å²) in [6, 6.07) is 0. The second-order valence-electron chi connectivity index (χ2n) is 7.20. The van der Waals surface area contributed by atoms with Gasteiger partial charge in [-0.3, -0.25) is 9.59 Å². The van der Waals surface area contributed by atoms with Crippen LogP contribution < -0.4 is 0 Å². The smallest absolute Gasteiger partial charge is 0.248 e. The summed E-state index contributed by atoms with van der Waals surface area (Å²) in [4.78, 5) is 35.7. The third-order valence-electron chi connectivity index (χ3n) is 5.40. The molecule has 138 valence electrons. The number of piperidine rings is 2. The van der Waals surface area contributed by atoms with E-state index >= 15 is 0 Å². The zero-order valence-electron chi connectivity index (χ0n) is 15.0. The average molecular weight is 348 g/mol. The molecule has 3 rings (SSSR count). The molecular formula is C18H28N4O3. The number of rotatable bonds is 6. The average Bonchev–Trinajstić information content (AvgIpc) is 3.14. The Labute approximate surface area is 148 Å². The van der Waals surface area contributed by atoms with Gasteiger partial charge in [0.25, 0.3) is 0 Å². The number of hydrogen-bond acceptors (Lipinski definition) is 4. The van der Waals surface area contributed by atoms with Crippen LogP contribution in [0.15, 0.2) is 12.5 Å². The number of carbonyl (C=O) groups is 2. The Bertz CT molecular complexity index is 589. The van der Waals surface area contributed by atoms with E-state index in [0.29, 0.717) is 19.6 Å². The molecule has 2 aliphatic heterocycles. The molecule has 0 aliphatic carbocycles. The molecular weight excluding hydrogens is 320 g/mol. The van der Waals surface area contributed by atoms with Crippen molar-refractivity contribution in [1.82, 2.24) is 19.8 Å². The van der Waals surface area contributed by atoms with Gasteiger partial charge in [0.2, 0.25) is 11.8 Å². The summed E-state index contributed by atoms with van der Waals surface area (Å²) in [5.74, 6) is 0.296. The molecule has 0 bridgehead atoms. The quantitative estimate of drug-likeness (QED) is 0.838. The Morgan fingerprint density at radius 2 is 2.28 bits per heavy atom. The largest absolute Gasteiger partial charge is 0.372 e. The van der Waals surface area contributed by atoms with Crippen LogP contribution in [0, 0.1) is 5.41 Å². The second-order valence-corrected chi connectivity index (χ2v) is 7.20. The number of hydrogen-bond donors (Lipinski definition) is 1. The maximum Gasteiger partial charge on any atom is 0.248 e. The molecule has 2 fully saturated rings. The molecule has 0 aromatic carbocycles. The summed E-state index contributed by atoms with van der Waals surface area (Å²) in [5.41, 5.74) is 1.09. The summed E-state index contributed by atoms with van der Waals surface area (Å²) >= 11 is 0. The molecule has 2 aliphatic rings. The molecule has 0 radical (unpaired) electrons. The van der Waals surface area contributed by atoms with Crippen molar-refractivity contribution in [2.45, 2.75) is 39.0 Å². The van der Waals surface area contributed by atoms with E-state index in [1.807, 2.05) is 16.7 Å². The van der Waals surface area contributed by atoms with Crippen molar-refractivity contribution in [2.75, 3.05) is 39.4 Å². The third kappa shape index (κ3) is 4.39. The fourth-order valence-electron chi connectivity index (χ4n) is 4.02. The van der Waals surface area contributed by atoms with Crippen LogP contribution >= 0.6 is 0 Å². The third-order valence-corrected chi connectivity index (χ3v) is 5.40. The lowest BCUT2D eigenvalue weighted by Gasteiger charge is -2.48. The molecule has 2 amide bonds. The first-order valence-electron chi connectivity index (χ1n) is 9.22. The number of aromatic amines is 1. The van der Waals surface area contributed by atoms with Crippen LogP contribution in [0.2, 0.25) is 0 Å². The molecule has 1 N–H and O–H groups in total. The van der Waals surface area contributed by atoms with Crippen molar-refractivity contribution in [3.63, 3.8) is 0 Å². The van der Waals surface area contributed by atoms with Crippen molar-refractivity contribution < 1.29 is 14.3 Å². The van der Waals surface area contributed by atoms with E-state index in [1.165, 1.54) is 0 Å². The highest BCUT2D eigenvalue weighted by Gasteiger charge is 2.42. The first kappa shape index (κ1) is 17.9. The topological polar surface area (TPSA) is 78.5 Å².